The van der Waals surface area contributed by atoms with Crippen molar-refractivity contribution in [3.05, 3.63) is 23.8 Å². The van der Waals surface area contributed by atoms with Gasteiger partial charge in [-0.1, -0.05) is 71.6 Å². The number of hydrogen-bond donors (Lipinski definition) is 2. The molecule has 5 rings (SSSR count). The maximum atomic E-state index is 9.94. The second kappa shape index (κ2) is 11.1. The Morgan fingerprint density at radius 1 is 1.03 bits per heavy atom. The van der Waals surface area contributed by atoms with E-state index in [9.17, 15) is 10.2 Å². The number of aliphatic hydroxyl groups excluding tert-OH is 2. The highest BCUT2D eigenvalue weighted by Crippen LogP contribution is 2.67. The van der Waals surface area contributed by atoms with Crippen LogP contribution < -0.4 is 0 Å². The molecule has 11 atom stereocenters. The summed E-state index contributed by atoms with van der Waals surface area (Å²) in [7, 11) is 0. The zero-order valence-corrected chi connectivity index (χ0v) is 24.2. The van der Waals surface area contributed by atoms with Crippen LogP contribution >= 0.6 is 0 Å². The number of allylic oxidation sites excluding steroid dienone is 1. The van der Waals surface area contributed by atoms with Gasteiger partial charge in [-0.25, -0.2) is 0 Å². The van der Waals surface area contributed by atoms with Crippen molar-refractivity contribution in [2.24, 2.45) is 46.3 Å². The molecule has 210 valence electrons. The summed E-state index contributed by atoms with van der Waals surface area (Å²) >= 11 is 0. The summed E-state index contributed by atoms with van der Waals surface area (Å²) in [6.07, 6.45) is 18.9. The van der Waals surface area contributed by atoms with Crippen LogP contribution in [0.5, 0.6) is 0 Å². The van der Waals surface area contributed by atoms with Gasteiger partial charge in [-0.15, -0.1) is 0 Å². The number of ether oxygens (including phenoxy) is 2. The predicted octanol–water partition coefficient (Wildman–Crippen LogP) is 7.05. The summed E-state index contributed by atoms with van der Waals surface area (Å²) < 4.78 is 12.1. The normalized spacial score (nSPS) is 46.2. The summed E-state index contributed by atoms with van der Waals surface area (Å²) in [6.45, 7) is 12.4. The van der Waals surface area contributed by atoms with Crippen molar-refractivity contribution in [3.63, 3.8) is 0 Å². The Bertz CT molecular complexity index is 849. The molecule has 0 aromatic rings. The Kier molecular flexibility index (Phi) is 8.33. The molecular weight excluding hydrogens is 460 g/mol. The first-order chi connectivity index (χ1) is 17.7. The molecule has 0 bridgehead atoms. The molecule has 4 nitrogen and oxygen atoms in total. The molecule has 5 aliphatic rings. The van der Waals surface area contributed by atoms with Crippen LogP contribution in [0.2, 0.25) is 0 Å². The number of rotatable bonds is 8. The van der Waals surface area contributed by atoms with Gasteiger partial charge in [0.25, 0.3) is 0 Å². The second-order valence-corrected chi connectivity index (χ2v) is 14.4. The maximum absolute atomic E-state index is 9.94. The van der Waals surface area contributed by atoms with Crippen LogP contribution in [0.4, 0.5) is 0 Å². The van der Waals surface area contributed by atoms with Crippen molar-refractivity contribution in [2.45, 2.75) is 130 Å². The number of hydrogen-bond acceptors (Lipinski definition) is 4. The Morgan fingerprint density at radius 3 is 2.59 bits per heavy atom. The predicted molar refractivity (Wildman–Crippen MR) is 149 cm³/mol. The van der Waals surface area contributed by atoms with E-state index in [1.165, 1.54) is 57.8 Å². The highest BCUT2D eigenvalue weighted by atomic mass is 16.7. The molecule has 3 fully saturated rings. The molecule has 2 N–H and O–H groups in total. The van der Waals surface area contributed by atoms with Crippen LogP contribution in [0.25, 0.3) is 0 Å². The van der Waals surface area contributed by atoms with Crippen molar-refractivity contribution >= 4 is 0 Å². The van der Waals surface area contributed by atoms with Crippen LogP contribution in [-0.2, 0) is 9.47 Å². The zero-order chi connectivity index (χ0) is 26.4. The Balaban J connectivity index is 1.23. The minimum Gasteiger partial charge on any atom is -0.394 e. The highest BCUT2D eigenvalue weighted by Gasteiger charge is 2.59. The summed E-state index contributed by atoms with van der Waals surface area (Å²) in [5.41, 5.74) is 2.49. The molecule has 1 aliphatic heterocycles. The molecule has 4 aliphatic carbocycles. The van der Waals surface area contributed by atoms with Gasteiger partial charge in [-0.05, 0) is 104 Å². The van der Waals surface area contributed by atoms with Crippen molar-refractivity contribution in [1.29, 1.82) is 0 Å². The van der Waals surface area contributed by atoms with E-state index in [0.29, 0.717) is 10.8 Å². The SMILES string of the molecule is CC(C)CCCC(C)[C@H]1CCC2C3CC=C4C[C@@H](OC5C=C[C@H](O)[C@@H](CO)O5)CC[C@]4(C)C3CC[C@@]21C. The summed E-state index contributed by atoms with van der Waals surface area (Å²) in [6, 6.07) is 0. The summed E-state index contributed by atoms with van der Waals surface area (Å²) in [5, 5.41) is 19.4. The minimum absolute atomic E-state index is 0.150. The average Bonchev–Trinajstić information content (AvgIpc) is 3.22. The van der Waals surface area contributed by atoms with Crippen molar-refractivity contribution in [3.8, 4) is 0 Å². The van der Waals surface area contributed by atoms with Crippen LogP contribution in [0.15, 0.2) is 23.8 Å². The maximum Gasteiger partial charge on any atom is 0.177 e. The monoisotopic (exact) mass is 514 g/mol. The number of fused-ring (bicyclic) bond motifs is 5. The lowest BCUT2D eigenvalue weighted by molar-refractivity contribution is -0.203. The average molecular weight is 515 g/mol. The van der Waals surface area contributed by atoms with E-state index in [1.807, 2.05) is 0 Å². The Morgan fingerprint density at radius 2 is 1.84 bits per heavy atom. The molecular formula is C33H54O4. The first-order valence-corrected chi connectivity index (χ1v) is 15.6. The fourth-order valence-electron chi connectivity index (χ4n) is 9.81. The fourth-order valence-corrected chi connectivity index (χ4v) is 9.81. The van der Waals surface area contributed by atoms with E-state index in [0.717, 1.165) is 48.3 Å². The highest BCUT2D eigenvalue weighted by molar-refractivity contribution is 5.25. The lowest BCUT2D eigenvalue weighted by Crippen LogP contribution is -2.51. The fraction of sp³-hybridized carbons (Fsp3) is 0.879. The second-order valence-electron chi connectivity index (χ2n) is 14.4. The van der Waals surface area contributed by atoms with Gasteiger partial charge in [0.05, 0.1) is 12.7 Å². The lowest BCUT2D eigenvalue weighted by atomic mass is 9.47. The Labute approximate surface area is 226 Å². The van der Waals surface area contributed by atoms with Gasteiger partial charge in [-0.2, -0.15) is 0 Å². The van der Waals surface area contributed by atoms with Gasteiger partial charge in [0, 0.05) is 0 Å². The van der Waals surface area contributed by atoms with Gasteiger partial charge in [0.1, 0.15) is 12.2 Å². The smallest absolute Gasteiger partial charge is 0.177 e. The van der Waals surface area contributed by atoms with E-state index in [4.69, 9.17) is 9.47 Å². The zero-order valence-electron chi connectivity index (χ0n) is 24.2. The third-order valence-electron chi connectivity index (χ3n) is 11.9. The molecule has 37 heavy (non-hydrogen) atoms. The van der Waals surface area contributed by atoms with Crippen LogP contribution in [-0.4, -0.2) is 41.4 Å². The van der Waals surface area contributed by atoms with Crippen molar-refractivity contribution in [1.82, 2.24) is 0 Å². The molecule has 0 amide bonds. The molecule has 0 spiro atoms. The molecule has 1 heterocycles. The quantitative estimate of drug-likeness (QED) is 0.341. The summed E-state index contributed by atoms with van der Waals surface area (Å²) in [5.74, 6) is 5.19. The molecule has 3 saturated carbocycles. The first kappa shape index (κ1) is 27.9. The molecule has 4 heteroatoms. The van der Waals surface area contributed by atoms with Gasteiger partial charge < -0.3 is 19.7 Å². The van der Waals surface area contributed by atoms with Crippen LogP contribution in [0.3, 0.4) is 0 Å². The molecule has 0 radical (unpaired) electrons. The van der Waals surface area contributed by atoms with Gasteiger partial charge in [0.15, 0.2) is 6.29 Å². The first-order valence-electron chi connectivity index (χ1n) is 15.6. The standard InChI is InChI=1S/C33H54O4/c1-21(2)7-6-8-22(3)26-11-12-27-25-10-9-23-19-24(36-31-14-13-29(35)30(20-34)37-31)15-17-32(23,4)28(25)16-18-33(26,27)5/h9,13-14,21-22,24-31,34-35H,6-8,10-12,15-20H2,1-5H3/t22?,24-,25?,26+,27?,28?,29-,30+,31?,32-,33+/m0/s1. The largest absolute Gasteiger partial charge is 0.394 e. The van der Waals surface area contributed by atoms with Gasteiger partial charge >= 0.3 is 0 Å². The van der Waals surface area contributed by atoms with Crippen molar-refractivity contribution < 1.29 is 19.7 Å². The van der Waals surface area contributed by atoms with Crippen LogP contribution in [0, 0.1) is 46.3 Å². The topological polar surface area (TPSA) is 58.9 Å². The minimum atomic E-state index is -0.757. The van der Waals surface area contributed by atoms with E-state index >= 15 is 0 Å². The molecule has 0 saturated heterocycles. The van der Waals surface area contributed by atoms with E-state index < -0.39 is 18.5 Å². The lowest BCUT2D eigenvalue weighted by Gasteiger charge is -2.58. The van der Waals surface area contributed by atoms with Crippen LogP contribution in [0.1, 0.15) is 105 Å². The van der Waals surface area contributed by atoms with Gasteiger partial charge in [-0.3, -0.25) is 0 Å². The van der Waals surface area contributed by atoms with Gasteiger partial charge in [0.2, 0.25) is 0 Å². The van der Waals surface area contributed by atoms with E-state index in [1.54, 1.807) is 17.7 Å². The van der Waals surface area contributed by atoms with E-state index in [-0.39, 0.29) is 12.7 Å². The molecule has 5 unspecified atom stereocenters. The van der Waals surface area contributed by atoms with Crippen molar-refractivity contribution in [2.75, 3.05) is 6.61 Å². The summed E-state index contributed by atoms with van der Waals surface area (Å²) in [4.78, 5) is 0. The Hall–Kier alpha value is -0.680. The third-order valence-corrected chi connectivity index (χ3v) is 11.9. The van der Waals surface area contributed by atoms with E-state index in [2.05, 4.69) is 40.7 Å². The third kappa shape index (κ3) is 5.26. The molecule has 0 aromatic carbocycles. The number of aliphatic hydroxyl groups is 2. The molecule has 0 aromatic heterocycles.